The standard InChI is InChI=1S/C14H11ClFN3O2/c1-7-4-8(2-3-11(7)16)14(21)19-13-10(15)5-9(6-18-13)12(17)20/h2-6H,1H3,(H2,17,20)(H,18,19,21). The molecular formula is C14H11ClFN3O2. The minimum Gasteiger partial charge on any atom is -0.366 e. The Morgan fingerprint density at radius 3 is 2.57 bits per heavy atom. The molecule has 21 heavy (non-hydrogen) atoms. The number of amides is 2. The van der Waals surface area contributed by atoms with Gasteiger partial charge >= 0.3 is 0 Å². The summed E-state index contributed by atoms with van der Waals surface area (Å²) in [4.78, 5) is 26.9. The maximum absolute atomic E-state index is 13.2. The third-order valence-electron chi connectivity index (χ3n) is 2.78. The van der Waals surface area contributed by atoms with E-state index in [1.165, 1.54) is 30.5 Å². The summed E-state index contributed by atoms with van der Waals surface area (Å²) in [5, 5.41) is 2.56. The first kappa shape index (κ1) is 14.9. The number of hydrogen-bond acceptors (Lipinski definition) is 3. The van der Waals surface area contributed by atoms with Crippen LogP contribution in [-0.4, -0.2) is 16.8 Å². The van der Waals surface area contributed by atoms with Crippen molar-refractivity contribution in [2.75, 3.05) is 5.32 Å². The summed E-state index contributed by atoms with van der Waals surface area (Å²) in [6.07, 6.45) is 1.21. The number of carbonyl (C=O) groups is 2. The first-order valence-electron chi connectivity index (χ1n) is 5.91. The fourth-order valence-electron chi connectivity index (χ4n) is 1.63. The van der Waals surface area contributed by atoms with Gasteiger partial charge in [-0.05, 0) is 36.8 Å². The number of anilines is 1. The lowest BCUT2D eigenvalue weighted by molar-refractivity contribution is 0.0998. The molecule has 2 rings (SSSR count). The van der Waals surface area contributed by atoms with Gasteiger partial charge in [0.05, 0.1) is 10.6 Å². The van der Waals surface area contributed by atoms with E-state index in [1.54, 1.807) is 6.92 Å². The summed E-state index contributed by atoms with van der Waals surface area (Å²) < 4.78 is 13.2. The average molecular weight is 308 g/mol. The lowest BCUT2D eigenvalue weighted by Crippen LogP contribution is -2.15. The van der Waals surface area contributed by atoms with E-state index >= 15 is 0 Å². The van der Waals surface area contributed by atoms with E-state index in [4.69, 9.17) is 17.3 Å². The highest BCUT2D eigenvalue weighted by Crippen LogP contribution is 2.21. The highest BCUT2D eigenvalue weighted by atomic mass is 35.5. The van der Waals surface area contributed by atoms with Crippen molar-refractivity contribution in [2.45, 2.75) is 6.92 Å². The number of nitrogens with zero attached hydrogens (tertiary/aromatic N) is 1. The van der Waals surface area contributed by atoms with E-state index < -0.39 is 17.6 Å². The molecule has 0 aliphatic rings. The molecule has 1 aromatic heterocycles. The molecule has 0 saturated carbocycles. The molecule has 2 aromatic rings. The van der Waals surface area contributed by atoms with Gasteiger partial charge in [-0.25, -0.2) is 9.37 Å². The van der Waals surface area contributed by atoms with Crippen LogP contribution in [0.1, 0.15) is 26.3 Å². The van der Waals surface area contributed by atoms with Gasteiger partial charge in [0.1, 0.15) is 5.82 Å². The Balaban J connectivity index is 2.23. The zero-order valence-electron chi connectivity index (χ0n) is 11.0. The third kappa shape index (κ3) is 3.35. The van der Waals surface area contributed by atoms with Gasteiger partial charge in [-0.2, -0.15) is 0 Å². The van der Waals surface area contributed by atoms with Crippen LogP contribution in [0, 0.1) is 12.7 Å². The Morgan fingerprint density at radius 1 is 1.29 bits per heavy atom. The van der Waals surface area contributed by atoms with Crippen LogP contribution < -0.4 is 11.1 Å². The smallest absolute Gasteiger partial charge is 0.256 e. The van der Waals surface area contributed by atoms with Crippen LogP contribution in [-0.2, 0) is 0 Å². The number of hydrogen-bond donors (Lipinski definition) is 2. The summed E-state index contributed by atoms with van der Waals surface area (Å²) in [5.41, 5.74) is 5.85. The molecule has 7 heteroatoms. The van der Waals surface area contributed by atoms with Crippen LogP contribution >= 0.6 is 11.6 Å². The Labute approximate surface area is 124 Å². The van der Waals surface area contributed by atoms with Gasteiger partial charge in [0.15, 0.2) is 5.82 Å². The predicted molar refractivity (Wildman–Crippen MR) is 76.9 cm³/mol. The summed E-state index contributed by atoms with van der Waals surface area (Å²) in [6.45, 7) is 1.55. The molecule has 1 heterocycles. The number of halogens is 2. The number of nitrogens with one attached hydrogen (secondary N) is 1. The van der Waals surface area contributed by atoms with E-state index in [1.807, 2.05) is 0 Å². The van der Waals surface area contributed by atoms with Crippen molar-refractivity contribution in [3.8, 4) is 0 Å². The highest BCUT2D eigenvalue weighted by molar-refractivity contribution is 6.33. The fourth-order valence-corrected chi connectivity index (χ4v) is 1.84. The molecule has 0 spiro atoms. The van der Waals surface area contributed by atoms with Crippen LogP contribution in [0.15, 0.2) is 30.5 Å². The topological polar surface area (TPSA) is 85.1 Å². The quantitative estimate of drug-likeness (QED) is 0.913. The normalized spacial score (nSPS) is 10.2. The number of aromatic nitrogens is 1. The van der Waals surface area contributed by atoms with Gasteiger partial charge in [-0.1, -0.05) is 11.6 Å². The zero-order chi connectivity index (χ0) is 15.6. The lowest BCUT2D eigenvalue weighted by atomic mass is 10.1. The van der Waals surface area contributed by atoms with Crippen LogP contribution in [0.4, 0.5) is 10.2 Å². The van der Waals surface area contributed by atoms with E-state index in [9.17, 15) is 14.0 Å². The van der Waals surface area contributed by atoms with Gasteiger partial charge in [0.2, 0.25) is 5.91 Å². The van der Waals surface area contributed by atoms with E-state index in [0.29, 0.717) is 5.56 Å². The minimum atomic E-state index is -0.670. The number of pyridine rings is 1. The monoisotopic (exact) mass is 307 g/mol. The van der Waals surface area contributed by atoms with Gasteiger partial charge in [0.25, 0.3) is 5.91 Å². The molecule has 0 atom stereocenters. The maximum atomic E-state index is 13.2. The molecule has 0 saturated heterocycles. The Bertz CT molecular complexity index is 734. The van der Waals surface area contributed by atoms with E-state index in [-0.39, 0.29) is 22.0 Å². The fraction of sp³-hybridized carbons (Fsp3) is 0.0714. The summed E-state index contributed by atoms with van der Waals surface area (Å²) >= 11 is 5.92. The molecule has 0 fully saturated rings. The average Bonchev–Trinajstić information content (AvgIpc) is 2.43. The van der Waals surface area contributed by atoms with Gasteiger partial charge in [-0.15, -0.1) is 0 Å². The number of benzene rings is 1. The zero-order valence-corrected chi connectivity index (χ0v) is 11.7. The van der Waals surface area contributed by atoms with Crippen molar-refractivity contribution in [3.05, 3.63) is 58.0 Å². The number of rotatable bonds is 3. The summed E-state index contributed by atoms with van der Waals surface area (Å²) in [7, 11) is 0. The van der Waals surface area contributed by atoms with Crippen LogP contribution in [0.2, 0.25) is 5.02 Å². The number of carbonyl (C=O) groups excluding carboxylic acids is 2. The minimum absolute atomic E-state index is 0.0819. The van der Waals surface area contributed by atoms with Crippen LogP contribution in [0.5, 0.6) is 0 Å². The molecule has 2 amide bonds. The summed E-state index contributed by atoms with van der Waals surface area (Å²) in [5.74, 6) is -1.46. The molecular weight excluding hydrogens is 297 g/mol. The highest BCUT2D eigenvalue weighted by Gasteiger charge is 2.12. The van der Waals surface area contributed by atoms with Crippen molar-refractivity contribution < 1.29 is 14.0 Å². The van der Waals surface area contributed by atoms with Crippen molar-refractivity contribution in [1.82, 2.24) is 4.98 Å². The number of primary amides is 1. The molecule has 5 nitrogen and oxygen atoms in total. The summed E-state index contributed by atoms with van der Waals surface area (Å²) in [6, 6.07) is 5.28. The van der Waals surface area contributed by atoms with Gasteiger partial charge in [-0.3, -0.25) is 9.59 Å². The number of aryl methyl sites for hydroxylation is 1. The lowest BCUT2D eigenvalue weighted by Gasteiger charge is -2.08. The number of nitrogens with two attached hydrogens (primary N) is 1. The molecule has 0 aliphatic carbocycles. The van der Waals surface area contributed by atoms with Crippen LogP contribution in [0.3, 0.4) is 0 Å². The largest absolute Gasteiger partial charge is 0.366 e. The second-order valence-electron chi connectivity index (χ2n) is 4.34. The van der Waals surface area contributed by atoms with Crippen molar-refractivity contribution in [2.24, 2.45) is 5.73 Å². The molecule has 0 unspecified atom stereocenters. The Hall–Kier alpha value is -2.47. The molecule has 0 radical (unpaired) electrons. The molecule has 3 N–H and O–H groups in total. The van der Waals surface area contributed by atoms with Crippen molar-refractivity contribution in [1.29, 1.82) is 0 Å². The first-order chi connectivity index (χ1) is 9.88. The second-order valence-corrected chi connectivity index (χ2v) is 4.74. The molecule has 0 aliphatic heterocycles. The van der Waals surface area contributed by atoms with Crippen LogP contribution in [0.25, 0.3) is 0 Å². The third-order valence-corrected chi connectivity index (χ3v) is 3.07. The Morgan fingerprint density at radius 2 is 2.00 bits per heavy atom. The van der Waals surface area contributed by atoms with Gasteiger partial charge < -0.3 is 11.1 Å². The van der Waals surface area contributed by atoms with Crippen molar-refractivity contribution in [3.63, 3.8) is 0 Å². The Kier molecular flexibility index (Phi) is 4.18. The molecule has 1 aromatic carbocycles. The first-order valence-corrected chi connectivity index (χ1v) is 6.29. The van der Waals surface area contributed by atoms with Gasteiger partial charge in [0, 0.05) is 11.8 Å². The maximum Gasteiger partial charge on any atom is 0.256 e. The SMILES string of the molecule is Cc1cc(C(=O)Nc2ncc(C(N)=O)cc2Cl)ccc1F. The molecule has 0 bridgehead atoms. The van der Waals surface area contributed by atoms with E-state index in [2.05, 4.69) is 10.3 Å². The molecule has 108 valence electrons. The van der Waals surface area contributed by atoms with Crippen molar-refractivity contribution >= 4 is 29.2 Å². The van der Waals surface area contributed by atoms with E-state index in [0.717, 1.165) is 0 Å². The predicted octanol–water partition coefficient (Wildman–Crippen LogP) is 2.53. The second kappa shape index (κ2) is 5.88.